The van der Waals surface area contributed by atoms with Gasteiger partial charge in [-0.3, -0.25) is 4.99 Å². The molecule has 0 saturated heterocycles. The fraction of sp³-hybridized carbons (Fsp3) is 0.765. The number of ether oxygens (including phenoxy) is 1. The van der Waals surface area contributed by atoms with Crippen molar-refractivity contribution in [2.45, 2.75) is 57.9 Å². The highest BCUT2D eigenvalue weighted by Gasteiger charge is 2.33. The largest absolute Gasteiger partial charge is 0.434 e. The van der Waals surface area contributed by atoms with Crippen molar-refractivity contribution in [3.8, 4) is 0 Å². The molecule has 1 aromatic rings. The van der Waals surface area contributed by atoms with Crippen LogP contribution < -0.4 is 10.6 Å². The number of nitrogens with zero attached hydrogens (tertiary/aromatic N) is 2. The summed E-state index contributed by atoms with van der Waals surface area (Å²) in [6, 6.07) is 0. The summed E-state index contributed by atoms with van der Waals surface area (Å²) < 4.78 is 43.6. The van der Waals surface area contributed by atoms with Gasteiger partial charge in [-0.05, 0) is 32.1 Å². The molecule has 2 rings (SSSR count). The zero-order chi connectivity index (χ0) is 19.0. The van der Waals surface area contributed by atoms with Crippen LogP contribution in [0.25, 0.3) is 0 Å². The minimum atomic E-state index is -4.40. The molecule has 1 aromatic heterocycles. The second-order valence-corrected chi connectivity index (χ2v) is 7.25. The van der Waals surface area contributed by atoms with Crippen molar-refractivity contribution >= 4 is 17.3 Å². The number of hydrogen-bond donors (Lipinski definition) is 2. The lowest BCUT2D eigenvalue weighted by atomic mass is 9.98. The van der Waals surface area contributed by atoms with Crippen molar-refractivity contribution in [3.63, 3.8) is 0 Å². The van der Waals surface area contributed by atoms with E-state index in [-0.39, 0.29) is 12.6 Å². The summed E-state index contributed by atoms with van der Waals surface area (Å²) in [6.07, 6.45) is 1.74. The van der Waals surface area contributed by atoms with Gasteiger partial charge in [-0.1, -0.05) is 12.8 Å². The number of aliphatic imine (C=N–C) groups is 1. The SMILES string of the molecule is CCOC(CCNC(=NC)NCc1nc(C(F)(F)F)cs1)C1CCCC1. The van der Waals surface area contributed by atoms with Gasteiger partial charge in [0.2, 0.25) is 0 Å². The van der Waals surface area contributed by atoms with E-state index in [4.69, 9.17) is 4.74 Å². The van der Waals surface area contributed by atoms with Crippen molar-refractivity contribution in [1.82, 2.24) is 15.6 Å². The van der Waals surface area contributed by atoms with E-state index >= 15 is 0 Å². The molecule has 9 heteroatoms. The van der Waals surface area contributed by atoms with E-state index in [1.165, 1.54) is 25.7 Å². The molecule has 1 aliphatic carbocycles. The number of thiazole rings is 1. The van der Waals surface area contributed by atoms with Crippen LogP contribution in [-0.4, -0.2) is 37.2 Å². The van der Waals surface area contributed by atoms with Crippen LogP contribution in [-0.2, 0) is 17.5 Å². The minimum absolute atomic E-state index is 0.206. The van der Waals surface area contributed by atoms with Crippen molar-refractivity contribution in [2.24, 2.45) is 10.9 Å². The second kappa shape index (κ2) is 10.1. The average molecular weight is 392 g/mol. The molecule has 1 aliphatic rings. The van der Waals surface area contributed by atoms with Crippen molar-refractivity contribution < 1.29 is 17.9 Å². The molecule has 0 aromatic carbocycles. The van der Waals surface area contributed by atoms with Gasteiger partial charge in [0, 0.05) is 25.6 Å². The molecule has 0 spiro atoms. The van der Waals surface area contributed by atoms with E-state index in [1.54, 1.807) is 7.05 Å². The second-order valence-electron chi connectivity index (χ2n) is 6.30. The number of halogens is 3. The van der Waals surface area contributed by atoms with E-state index < -0.39 is 11.9 Å². The van der Waals surface area contributed by atoms with E-state index in [0.29, 0.717) is 30.0 Å². The first-order valence-electron chi connectivity index (χ1n) is 9.01. The van der Waals surface area contributed by atoms with Crippen LogP contribution in [0, 0.1) is 5.92 Å². The molecule has 1 atom stereocenters. The van der Waals surface area contributed by atoms with Crippen LogP contribution in [0.15, 0.2) is 10.4 Å². The standard InChI is InChI=1S/C17H27F3N4OS/c1-3-25-13(12-6-4-5-7-12)8-9-22-16(21-2)23-10-15-24-14(11-26-15)17(18,19)20/h11-13H,3-10H2,1-2H3,(H2,21,22,23). The highest BCUT2D eigenvalue weighted by molar-refractivity contribution is 7.09. The molecular weight excluding hydrogens is 365 g/mol. The Hall–Kier alpha value is -1.35. The number of hydrogen-bond acceptors (Lipinski definition) is 4. The third-order valence-electron chi connectivity index (χ3n) is 4.50. The molecule has 0 radical (unpaired) electrons. The highest BCUT2D eigenvalue weighted by Crippen LogP contribution is 2.31. The molecule has 1 unspecified atom stereocenters. The number of aromatic nitrogens is 1. The lowest BCUT2D eigenvalue weighted by molar-refractivity contribution is -0.140. The smallest absolute Gasteiger partial charge is 0.378 e. The van der Waals surface area contributed by atoms with Gasteiger partial charge in [0.05, 0.1) is 12.6 Å². The third kappa shape index (κ3) is 6.42. The van der Waals surface area contributed by atoms with Crippen LogP contribution in [0.2, 0.25) is 0 Å². The summed E-state index contributed by atoms with van der Waals surface area (Å²) in [5.74, 6) is 1.18. The van der Waals surface area contributed by atoms with Gasteiger partial charge in [0.25, 0.3) is 0 Å². The first-order chi connectivity index (χ1) is 12.4. The molecule has 148 valence electrons. The van der Waals surface area contributed by atoms with Crippen LogP contribution in [0.1, 0.15) is 49.7 Å². The van der Waals surface area contributed by atoms with Crippen molar-refractivity contribution in [1.29, 1.82) is 0 Å². The predicted molar refractivity (Wildman–Crippen MR) is 97.3 cm³/mol. The first kappa shape index (κ1) is 21.0. The molecule has 1 saturated carbocycles. The summed E-state index contributed by atoms with van der Waals surface area (Å²) in [5, 5.41) is 7.61. The van der Waals surface area contributed by atoms with Gasteiger partial charge < -0.3 is 15.4 Å². The fourth-order valence-corrected chi connectivity index (χ4v) is 3.97. The Morgan fingerprint density at radius 1 is 1.38 bits per heavy atom. The monoisotopic (exact) mass is 392 g/mol. The van der Waals surface area contributed by atoms with E-state index in [2.05, 4.69) is 20.6 Å². The number of guanidine groups is 1. The Balaban J connectivity index is 1.75. The van der Waals surface area contributed by atoms with Crippen molar-refractivity contribution in [3.05, 3.63) is 16.1 Å². The quantitative estimate of drug-likeness (QED) is 0.522. The van der Waals surface area contributed by atoms with Gasteiger partial charge in [0.1, 0.15) is 5.01 Å². The summed E-state index contributed by atoms with van der Waals surface area (Å²) in [7, 11) is 1.63. The van der Waals surface area contributed by atoms with Gasteiger partial charge in [0.15, 0.2) is 11.7 Å². The molecule has 1 fully saturated rings. The summed E-state index contributed by atoms with van der Waals surface area (Å²) in [4.78, 5) is 7.71. The molecule has 0 amide bonds. The average Bonchev–Trinajstić information content (AvgIpc) is 3.28. The molecule has 0 bridgehead atoms. The van der Waals surface area contributed by atoms with Crippen LogP contribution in [0.3, 0.4) is 0 Å². The molecule has 1 heterocycles. The molecule has 26 heavy (non-hydrogen) atoms. The zero-order valence-electron chi connectivity index (χ0n) is 15.2. The van der Waals surface area contributed by atoms with Gasteiger partial charge in [-0.2, -0.15) is 13.2 Å². The number of nitrogens with one attached hydrogen (secondary N) is 2. The predicted octanol–water partition coefficient (Wildman–Crippen LogP) is 3.81. The Kier molecular flexibility index (Phi) is 8.15. The van der Waals surface area contributed by atoms with Crippen LogP contribution >= 0.6 is 11.3 Å². The Labute approximate surface area is 156 Å². The molecular formula is C17H27F3N4OS. The normalized spacial score (nSPS) is 17.5. The first-order valence-corrected chi connectivity index (χ1v) is 9.89. The maximum atomic E-state index is 12.6. The highest BCUT2D eigenvalue weighted by atomic mass is 32.1. The third-order valence-corrected chi connectivity index (χ3v) is 5.35. The summed E-state index contributed by atoms with van der Waals surface area (Å²) in [5.41, 5.74) is -0.849. The van der Waals surface area contributed by atoms with E-state index in [1.807, 2.05) is 6.92 Å². The zero-order valence-corrected chi connectivity index (χ0v) is 16.1. The lowest BCUT2D eigenvalue weighted by Crippen LogP contribution is -2.39. The topological polar surface area (TPSA) is 58.5 Å². The molecule has 2 N–H and O–H groups in total. The van der Waals surface area contributed by atoms with Gasteiger partial charge >= 0.3 is 6.18 Å². The Morgan fingerprint density at radius 3 is 2.69 bits per heavy atom. The van der Waals surface area contributed by atoms with E-state index in [9.17, 15) is 13.2 Å². The summed E-state index contributed by atoms with van der Waals surface area (Å²) >= 11 is 0.985. The van der Waals surface area contributed by atoms with Gasteiger partial charge in [-0.15, -0.1) is 11.3 Å². The maximum Gasteiger partial charge on any atom is 0.434 e. The fourth-order valence-electron chi connectivity index (χ4n) is 3.23. The van der Waals surface area contributed by atoms with E-state index in [0.717, 1.165) is 23.1 Å². The van der Waals surface area contributed by atoms with Gasteiger partial charge in [-0.25, -0.2) is 4.98 Å². The minimum Gasteiger partial charge on any atom is -0.378 e. The maximum absolute atomic E-state index is 12.6. The Morgan fingerprint density at radius 2 is 2.12 bits per heavy atom. The summed E-state index contributed by atoms with van der Waals surface area (Å²) in [6.45, 7) is 3.63. The number of rotatable bonds is 8. The molecule has 5 nitrogen and oxygen atoms in total. The Bertz CT molecular complexity index is 571. The molecule has 0 aliphatic heterocycles. The van der Waals surface area contributed by atoms with Crippen LogP contribution in [0.5, 0.6) is 0 Å². The van der Waals surface area contributed by atoms with Crippen LogP contribution in [0.4, 0.5) is 13.2 Å². The lowest BCUT2D eigenvalue weighted by Gasteiger charge is -2.23. The number of alkyl halides is 3. The van der Waals surface area contributed by atoms with Crippen molar-refractivity contribution in [2.75, 3.05) is 20.2 Å².